The quantitative estimate of drug-likeness (QED) is 0.634. The van der Waals surface area contributed by atoms with Crippen molar-refractivity contribution >= 4 is 17.7 Å². The number of aromatic nitrogens is 4. The molecule has 158 valence electrons. The first kappa shape index (κ1) is 20.3. The van der Waals surface area contributed by atoms with Crippen LogP contribution in [-0.2, 0) is 6.54 Å². The molecule has 0 unspecified atom stereocenters. The molecule has 1 aliphatic rings. The summed E-state index contributed by atoms with van der Waals surface area (Å²) >= 11 is 0. The third-order valence-electron chi connectivity index (χ3n) is 5.04. The van der Waals surface area contributed by atoms with E-state index in [0.29, 0.717) is 52.2 Å². The van der Waals surface area contributed by atoms with Crippen LogP contribution in [0.25, 0.3) is 16.8 Å². The molecule has 4 rings (SSSR count). The molecule has 0 saturated heterocycles. The highest BCUT2D eigenvalue weighted by molar-refractivity contribution is 6.08. The summed E-state index contributed by atoms with van der Waals surface area (Å²) in [5.74, 6) is 1.85. The average Bonchev–Trinajstić information content (AvgIpc) is 3.15. The van der Waals surface area contributed by atoms with Crippen LogP contribution in [0.4, 0.5) is 5.95 Å². The smallest absolute Gasteiger partial charge is 0.264 e. The van der Waals surface area contributed by atoms with Crippen LogP contribution in [0.5, 0.6) is 11.5 Å². The van der Waals surface area contributed by atoms with Gasteiger partial charge in [-0.05, 0) is 25.1 Å². The fraction of sp³-hybridized carbons (Fsp3) is 0.227. The maximum atomic E-state index is 12.9. The van der Waals surface area contributed by atoms with Crippen molar-refractivity contribution in [3.05, 3.63) is 64.6 Å². The highest BCUT2D eigenvalue weighted by Gasteiger charge is 2.21. The number of anilines is 1. The normalized spacial score (nSPS) is 13.6. The van der Waals surface area contributed by atoms with Gasteiger partial charge < -0.3 is 15.4 Å². The van der Waals surface area contributed by atoms with Crippen molar-refractivity contribution in [1.29, 1.82) is 0 Å². The molecule has 4 heterocycles. The van der Waals surface area contributed by atoms with Crippen LogP contribution in [0.3, 0.4) is 0 Å². The van der Waals surface area contributed by atoms with Crippen molar-refractivity contribution < 1.29 is 4.74 Å². The van der Waals surface area contributed by atoms with Gasteiger partial charge in [0, 0.05) is 63.6 Å². The summed E-state index contributed by atoms with van der Waals surface area (Å²) < 4.78 is 7.69. The molecule has 0 aliphatic carbocycles. The zero-order valence-electron chi connectivity index (χ0n) is 17.6. The molecule has 9 heteroatoms. The van der Waals surface area contributed by atoms with Gasteiger partial charge in [-0.25, -0.2) is 9.97 Å². The number of aliphatic imine (C=N–C) groups is 1. The number of nitrogens with two attached hydrogens (primary N) is 1. The minimum absolute atomic E-state index is 0.0904. The van der Waals surface area contributed by atoms with Gasteiger partial charge in [0.1, 0.15) is 11.5 Å². The number of allylic oxidation sites excluding steroid dienone is 1. The second-order valence-corrected chi connectivity index (χ2v) is 7.12. The van der Waals surface area contributed by atoms with Crippen molar-refractivity contribution in [2.45, 2.75) is 13.5 Å². The van der Waals surface area contributed by atoms with E-state index in [1.807, 2.05) is 18.9 Å². The predicted octanol–water partition coefficient (Wildman–Crippen LogP) is 2.25. The van der Waals surface area contributed by atoms with E-state index >= 15 is 0 Å². The van der Waals surface area contributed by atoms with Crippen molar-refractivity contribution in [1.82, 2.24) is 19.5 Å². The van der Waals surface area contributed by atoms with Crippen LogP contribution in [0.1, 0.15) is 11.4 Å². The predicted molar refractivity (Wildman–Crippen MR) is 121 cm³/mol. The molecule has 3 aromatic heterocycles. The Morgan fingerprint density at radius 3 is 2.84 bits per heavy atom. The van der Waals surface area contributed by atoms with Gasteiger partial charge in [0.05, 0.1) is 22.6 Å². The van der Waals surface area contributed by atoms with Gasteiger partial charge in [-0.15, -0.1) is 0 Å². The van der Waals surface area contributed by atoms with Crippen LogP contribution in [0.2, 0.25) is 0 Å². The number of nitrogens with zero attached hydrogens (tertiary/aromatic N) is 6. The lowest BCUT2D eigenvalue weighted by atomic mass is 10.2. The van der Waals surface area contributed by atoms with E-state index < -0.39 is 0 Å². The average molecular weight is 417 g/mol. The Morgan fingerprint density at radius 1 is 1.26 bits per heavy atom. The van der Waals surface area contributed by atoms with Gasteiger partial charge in [-0.3, -0.25) is 19.3 Å². The summed E-state index contributed by atoms with van der Waals surface area (Å²) in [4.78, 5) is 32.1. The van der Waals surface area contributed by atoms with Crippen molar-refractivity contribution in [2.75, 3.05) is 25.5 Å². The van der Waals surface area contributed by atoms with E-state index in [4.69, 9.17) is 10.5 Å². The van der Waals surface area contributed by atoms with Crippen molar-refractivity contribution in [3.8, 4) is 22.8 Å². The third-order valence-corrected chi connectivity index (χ3v) is 5.04. The number of ether oxygens (including phenoxy) is 1. The molecule has 1 aliphatic heterocycles. The third kappa shape index (κ3) is 3.89. The second kappa shape index (κ2) is 8.39. The molecule has 0 bridgehead atoms. The number of likely N-dealkylation sites (N-methyl/N-ethyl adjacent to an activating group) is 1. The maximum Gasteiger partial charge on any atom is 0.264 e. The molecule has 0 aromatic carbocycles. The van der Waals surface area contributed by atoms with E-state index in [2.05, 4.69) is 19.9 Å². The monoisotopic (exact) mass is 417 g/mol. The molecular weight excluding hydrogens is 394 g/mol. The van der Waals surface area contributed by atoms with E-state index in [1.54, 1.807) is 54.5 Å². The minimum Gasteiger partial charge on any atom is -0.455 e. The van der Waals surface area contributed by atoms with Crippen molar-refractivity contribution in [2.24, 2.45) is 10.7 Å². The van der Waals surface area contributed by atoms with Crippen LogP contribution < -0.4 is 20.9 Å². The number of rotatable bonds is 5. The Balaban J connectivity index is 1.62. The number of fused-ring (bicyclic) bond motifs is 1. The molecule has 0 radical (unpaired) electrons. The maximum absolute atomic E-state index is 12.9. The van der Waals surface area contributed by atoms with Gasteiger partial charge in [-0.2, -0.15) is 0 Å². The van der Waals surface area contributed by atoms with E-state index in [9.17, 15) is 4.79 Å². The number of hydrogen-bond acceptors (Lipinski definition) is 8. The minimum atomic E-state index is -0.0904. The highest BCUT2D eigenvalue weighted by atomic mass is 16.5. The first-order valence-corrected chi connectivity index (χ1v) is 9.79. The topological polar surface area (TPSA) is 112 Å². The van der Waals surface area contributed by atoms with E-state index in [-0.39, 0.29) is 5.56 Å². The lowest BCUT2D eigenvalue weighted by Gasteiger charge is -2.12. The molecule has 31 heavy (non-hydrogen) atoms. The van der Waals surface area contributed by atoms with Gasteiger partial charge in [0.2, 0.25) is 5.95 Å². The fourth-order valence-electron chi connectivity index (χ4n) is 3.41. The zero-order chi connectivity index (χ0) is 22.0. The lowest BCUT2D eigenvalue weighted by Crippen LogP contribution is -2.21. The first-order chi connectivity index (χ1) is 15.0. The molecule has 0 saturated carbocycles. The van der Waals surface area contributed by atoms with Crippen LogP contribution in [0, 0.1) is 6.92 Å². The molecular formula is C22H23N7O2. The van der Waals surface area contributed by atoms with Crippen molar-refractivity contribution in [3.63, 3.8) is 0 Å². The molecule has 2 N–H and O–H groups in total. The van der Waals surface area contributed by atoms with Crippen LogP contribution in [0.15, 0.2) is 52.6 Å². The summed E-state index contributed by atoms with van der Waals surface area (Å²) in [6, 6.07) is 7.10. The number of aryl methyl sites for hydroxylation is 1. The largest absolute Gasteiger partial charge is 0.455 e. The summed E-state index contributed by atoms with van der Waals surface area (Å²) in [5, 5.41) is 0. The van der Waals surface area contributed by atoms with Gasteiger partial charge >= 0.3 is 0 Å². The van der Waals surface area contributed by atoms with Gasteiger partial charge in [0.25, 0.3) is 5.56 Å². The Labute approximate surface area is 179 Å². The van der Waals surface area contributed by atoms with E-state index in [0.717, 1.165) is 6.54 Å². The number of pyridine rings is 2. The van der Waals surface area contributed by atoms with E-state index in [1.165, 1.54) is 6.20 Å². The summed E-state index contributed by atoms with van der Waals surface area (Å²) in [6.45, 7) is 3.23. The SMILES string of the molecule is CN=CC(=CN)c1cc(Oc2ccc(-c3cnc4n(c3=O)CCN4C)nc2C)ccn1. The standard InChI is InChI=1S/C22H23N7O2/c1-14-20(31-16-6-7-25-19(10-16)15(11-23)12-24-2)5-4-18(27-14)17-13-26-22-28(3)8-9-29(22)21(17)30/h4-7,10-13H,8-9,23H2,1-3H3. The Morgan fingerprint density at radius 2 is 2.10 bits per heavy atom. The molecule has 9 nitrogen and oxygen atoms in total. The molecule has 0 fully saturated rings. The summed E-state index contributed by atoms with van der Waals surface area (Å²) in [5.41, 5.74) is 8.60. The zero-order valence-corrected chi connectivity index (χ0v) is 17.6. The highest BCUT2D eigenvalue weighted by Crippen LogP contribution is 2.27. The van der Waals surface area contributed by atoms with Crippen LogP contribution >= 0.6 is 0 Å². The molecule has 0 spiro atoms. The summed E-state index contributed by atoms with van der Waals surface area (Å²) in [7, 11) is 3.59. The van der Waals surface area contributed by atoms with Crippen LogP contribution in [-0.4, -0.2) is 46.4 Å². The Bertz CT molecular complexity index is 1250. The fourth-order valence-corrected chi connectivity index (χ4v) is 3.41. The van der Waals surface area contributed by atoms with Gasteiger partial charge in [-0.1, -0.05) is 0 Å². The second-order valence-electron chi connectivity index (χ2n) is 7.12. The van der Waals surface area contributed by atoms with Gasteiger partial charge in [0.15, 0.2) is 0 Å². The molecule has 0 atom stereocenters. The Hall–Kier alpha value is -4.01. The summed E-state index contributed by atoms with van der Waals surface area (Å²) in [6.07, 6.45) is 6.31. The lowest BCUT2D eigenvalue weighted by molar-refractivity contribution is 0.475. The number of hydrogen-bond donors (Lipinski definition) is 1. The first-order valence-electron chi connectivity index (χ1n) is 9.79. The molecule has 3 aromatic rings. The molecule has 0 amide bonds. The Kier molecular flexibility index (Phi) is 5.48.